The Balaban J connectivity index is 2.03. The second kappa shape index (κ2) is 5.51. The van der Waals surface area contributed by atoms with E-state index >= 15 is 0 Å². The second-order valence-corrected chi connectivity index (χ2v) is 4.19. The third-order valence-electron chi connectivity index (χ3n) is 2.64. The Morgan fingerprint density at radius 2 is 2.11 bits per heavy atom. The maximum Gasteiger partial charge on any atom is 0.270 e. The van der Waals surface area contributed by atoms with Crippen LogP contribution in [0.4, 0.5) is 5.69 Å². The highest BCUT2D eigenvalue weighted by Crippen LogP contribution is 2.13. The molecule has 0 bridgehead atoms. The number of amides is 1. The van der Waals surface area contributed by atoms with E-state index < -0.39 is 0 Å². The molecule has 2 rings (SSSR count). The lowest BCUT2D eigenvalue weighted by atomic mass is 10.3. The molecule has 6 heteroatoms. The van der Waals surface area contributed by atoms with Crippen molar-refractivity contribution in [1.82, 2.24) is 15.3 Å². The Kier molecular flexibility index (Phi) is 3.79. The highest BCUT2D eigenvalue weighted by Gasteiger charge is 2.16. The zero-order valence-electron chi connectivity index (χ0n) is 11.1. The van der Waals surface area contributed by atoms with E-state index in [0.717, 1.165) is 5.69 Å². The first kappa shape index (κ1) is 13.1. The van der Waals surface area contributed by atoms with Gasteiger partial charge in [-0.1, -0.05) is 0 Å². The summed E-state index contributed by atoms with van der Waals surface area (Å²) in [4.78, 5) is 20.1. The molecule has 2 aromatic heterocycles. The van der Waals surface area contributed by atoms with Crippen LogP contribution in [0.2, 0.25) is 0 Å². The Morgan fingerprint density at radius 1 is 1.32 bits per heavy atom. The summed E-state index contributed by atoms with van der Waals surface area (Å²) in [6, 6.07) is 3.16. The first-order chi connectivity index (χ1) is 9.10. The van der Waals surface area contributed by atoms with Crippen LogP contribution in [-0.2, 0) is 0 Å². The van der Waals surface area contributed by atoms with Crippen molar-refractivity contribution >= 4 is 11.6 Å². The van der Waals surface area contributed by atoms with Crippen molar-refractivity contribution in [3.8, 4) is 0 Å². The molecule has 0 fully saturated rings. The number of rotatable bonds is 4. The predicted molar refractivity (Wildman–Crippen MR) is 70.9 cm³/mol. The summed E-state index contributed by atoms with van der Waals surface area (Å²) in [7, 11) is 1.80. The van der Waals surface area contributed by atoms with Gasteiger partial charge in [0.05, 0.1) is 18.1 Å². The molecule has 6 nitrogen and oxygen atoms in total. The molecule has 1 atom stereocenters. The number of carbonyl (C=O) groups is 1. The molecule has 19 heavy (non-hydrogen) atoms. The van der Waals surface area contributed by atoms with E-state index in [1.807, 2.05) is 13.8 Å². The lowest BCUT2D eigenvalue weighted by Gasteiger charge is -2.10. The van der Waals surface area contributed by atoms with Crippen molar-refractivity contribution in [2.24, 2.45) is 0 Å². The van der Waals surface area contributed by atoms with E-state index in [9.17, 15) is 4.79 Å². The van der Waals surface area contributed by atoms with Crippen LogP contribution in [0.1, 0.15) is 35.1 Å². The Bertz CT molecular complexity index is 562. The van der Waals surface area contributed by atoms with Gasteiger partial charge in [0.25, 0.3) is 5.91 Å². The van der Waals surface area contributed by atoms with Gasteiger partial charge in [-0.15, -0.1) is 0 Å². The summed E-state index contributed by atoms with van der Waals surface area (Å²) in [5.41, 5.74) is 1.21. The number of carbonyl (C=O) groups excluding carboxylic acids is 1. The van der Waals surface area contributed by atoms with Gasteiger partial charge in [0, 0.05) is 7.05 Å². The summed E-state index contributed by atoms with van der Waals surface area (Å²) < 4.78 is 5.36. The number of aromatic nitrogens is 2. The first-order valence-corrected chi connectivity index (χ1v) is 5.97. The van der Waals surface area contributed by atoms with Crippen molar-refractivity contribution < 1.29 is 9.21 Å². The maximum atomic E-state index is 12.0. The lowest BCUT2D eigenvalue weighted by molar-refractivity contribution is 0.0929. The monoisotopic (exact) mass is 260 g/mol. The number of anilines is 1. The molecular weight excluding hydrogens is 244 g/mol. The van der Waals surface area contributed by atoms with E-state index in [1.54, 1.807) is 31.6 Å². The quantitative estimate of drug-likeness (QED) is 0.877. The zero-order valence-corrected chi connectivity index (χ0v) is 11.1. The molecule has 1 unspecified atom stereocenters. The van der Waals surface area contributed by atoms with E-state index in [2.05, 4.69) is 20.6 Å². The van der Waals surface area contributed by atoms with Crippen LogP contribution in [0, 0.1) is 6.92 Å². The minimum Gasteiger partial charge on any atom is -0.444 e. The number of nitrogens with one attached hydrogen (secondary N) is 2. The molecule has 2 N–H and O–H groups in total. The van der Waals surface area contributed by atoms with Crippen LogP contribution in [0.25, 0.3) is 0 Å². The minimum absolute atomic E-state index is 0.258. The number of nitrogens with zero attached hydrogens (tertiary/aromatic N) is 2. The third-order valence-corrected chi connectivity index (χ3v) is 2.64. The predicted octanol–water partition coefficient (Wildman–Crippen LogP) is 1.91. The smallest absolute Gasteiger partial charge is 0.270 e. The Hall–Kier alpha value is -2.37. The van der Waals surface area contributed by atoms with E-state index in [1.165, 1.54) is 0 Å². The normalized spacial score (nSPS) is 11.9. The molecule has 0 saturated carbocycles. The fourth-order valence-corrected chi connectivity index (χ4v) is 1.58. The van der Waals surface area contributed by atoms with Gasteiger partial charge < -0.3 is 15.1 Å². The van der Waals surface area contributed by atoms with Crippen LogP contribution in [0.5, 0.6) is 0 Å². The minimum atomic E-state index is -0.299. The SMILES string of the molecule is CNc1ccc(C(=O)NC(C)c2ncc(C)o2)nc1. The van der Waals surface area contributed by atoms with Crippen LogP contribution in [-0.4, -0.2) is 22.9 Å². The Labute approximate surface area is 111 Å². The number of hydrogen-bond acceptors (Lipinski definition) is 5. The molecule has 2 heterocycles. The zero-order chi connectivity index (χ0) is 13.8. The van der Waals surface area contributed by atoms with Crippen molar-refractivity contribution in [1.29, 1.82) is 0 Å². The number of pyridine rings is 1. The van der Waals surface area contributed by atoms with Crippen LogP contribution in [0.3, 0.4) is 0 Å². The van der Waals surface area contributed by atoms with Crippen LogP contribution in [0.15, 0.2) is 28.9 Å². The molecule has 2 aromatic rings. The molecule has 0 aliphatic heterocycles. The maximum absolute atomic E-state index is 12.0. The van der Waals surface area contributed by atoms with Gasteiger partial charge in [-0.05, 0) is 26.0 Å². The van der Waals surface area contributed by atoms with E-state index in [0.29, 0.717) is 17.3 Å². The summed E-state index contributed by atoms with van der Waals surface area (Å²) in [5, 5.41) is 5.73. The Morgan fingerprint density at radius 3 is 2.63 bits per heavy atom. The van der Waals surface area contributed by atoms with E-state index in [4.69, 9.17) is 4.42 Å². The van der Waals surface area contributed by atoms with Crippen molar-refractivity contribution in [2.75, 3.05) is 12.4 Å². The van der Waals surface area contributed by atoms with Crippen LogP contribution < -0.4 is 10.6 Å². The van der Waals surface area contributed by atoms with Crippen molar-refractivity contribution in [2.45, 2.75) is 19.9 Å². The molecule has 1 amide bonds. The fourth-order valence-electron chi connectivity index (χ4n) is 1.58. The topological polar surface area (TPSA) is 80.0 Å². The fraction of sp³-hybridized carbons (Fsp3) is 0.308. The van der Waals surface area contributed by atoms with Crippen molar-refractivity contribution in [3.63, 3.8) is 0 Å². The third kappa shape index (κ3) is 3.09. The molecular formula is C13H16N4O2. The average Bonchev–Trinajstić information content (AvgIpc) is 2.85. The second-order valence-electron chi connectivity index (χ2n) is 4.19. The first-order valence-electron chi connectivity index (χ1n) is 5.97. The molecule has 0 radical (unpaired) electrons. The number of hydrogen-bond donors (Lipinski definition) is 2. The highest BCUT2D eigenvalue weighted by atomic mass is 16.4. The van der Waals surface area contributed by atoms with Gasteiger partial charge in [-0.3, -0.25) is 4.79 Å². The molecule has 100 valence electrons. The largest absolute Gasteiger partial charge is 0.444 e. The molecule has 0 saturated heterocycles. The van der Waals surface area contributed by atoms with Gasteiger partial charge in [0.1, 0.15) is 17.5 Å². The molecule has 0 aliphatic carbocycles. The summed E-state index contributed by atoms with van der Waals surface area (Å²) >= 11 is 0. The standard InChI is InChI=1S/C13H16N4O2/c1-8-6-16-13(19-8)9(2)17-12(18)11-5-4-10(14-3)7-15-11/h4-7,9,14H,1-3H3,(H,17,18). The van der Waals surface area contributed by atoms with E-state index in [-0.39, 0.29) is 11.9 Å². The molecule has 0 spiro atoms. The highest BCUT2D eigenvalue weighted by molar-refractivity contribution is 5.92. The molecule has 0 aromatic carbocycles. The van der Waals surface area contributed by atoms with Gasteiger partial charge in [-0.2, -0.15) is 0 Å². The molecule has 0 aliphatic rings. The van der Waals surface area contributed by atoms with Gasteiger partial charge in [0.15, 0.2) is 0 Å². The van der Waals surface area contributed by atoms with Crippen molar-refractivity contribution in [3.05, 3.63) is 41.9 Å². The summed E-state index contributed by atoms with van der Waals surface area (Å²) in [6.45, 7) is 3.62. The summed E-state index contributed by atoms with van der Waals surface area (Å²) in [6.07, 6.45) is 3.23. The lowest BCUT2D eigenvalue weighted by Crippen LogP contribution is -2.27. The average molecular weight is 260 g/mol. The summed E-state index contributed by atoms with van der Waals surface area (Å²) in [5.74, 6) is 0.941. The van der Waals surface area contributed by atoms with Gasteiger partial charge in [-0.25, -0.2) is 9.97 Å². The number of aryl methyl sites for hydroxylation is 1. The van der Waals surface area contributed by atoms with Gasteiger partial charge >= 0.3 is 0 Å². The van der Waals surface area contributed by atoms with Crippen LogP contribution >= 0.6 is 0 Å². The van der Waals surface area contributed by atoms with Gasteiger partial charge in [0.2, 0.25) is 5.89 Å². The number of oxazole rings is 1.